The van der Waals surface area contributed by atoms with E-state index >= 15 is 0 Å². The molecule has 0 fully saturated rings. The molecular weight excluding hydrogens is 266 g/mol. The predicted molar refractivity (Wildman–Crippen MR) is 76.2 cm³/mol. The van der Waals surface area contributed by atoms with Crippen LogP contribution in [0.4, 0.5) is 0 Å². The van der Waals surface area contributed by atoms with Gasteiger partial charge in [0.1, 0.15) is 0 Å². The van der Waals surface area contributed by atoms with E-state index in [2.05, 4.69) is 29.9 Å². The summed E-state index contributed by atoms with van der Waals surface area (Å²) in [4.78, 5) is 2.38. The van der Waals surface area contributed by atoms with Crippen molar-refractivity contribution >= 4 is 10.4 Å². The van der Waals surface area contributed by atoms with Gasteiger partial charge < -0.3 is 4.90 Å². The van der Waals surface area contributed by atoms with Crippen LogP contribution in [0.25, 0.3) is 0 Å². The lowest BCUT2D eigenvalue weighted by Gasteiger charge is -2.13. The Hall–Kier alpha value is -0.950. The fourth-order valence-corrected chi connectivity index (χ4v) is 1.67. The molecule has 0 saturated heterocycles. The molecule has 1 rings (SSSR count). The molecule has 6 heteroatoms. The Morgan fingerprint density at radius 1 is 1.05 bits per heavy atom. The topological polar surface area (TPSA) is 66.8 Å². The van der Waals surface area contributed by atoms with Crippen molar-refractivity contribution < 1.29 is 17.2 Å². The molecule has 0 aliphatic rings. The van der Waals surface area contributed by atoms with Crippen molar-refractivity contribution in [2.24, 2.45) is 0 Å². The van der Waals surface area contributed by atoms with Gasteiger partial charge in [-0.2, -0.15) is 8.42 Å². The second-order valence-corrected chi connectivity index (χ2v) is 4.89. The third kappa shape index (κ3) is 10.6. The number of nitrogens with zero attached hydrogens (tertiary/aromatic N) is 1. The second kappa shape index (κ2) is 9.91. The first-order valence-electron chi connectivity index (χ1n) is 6.31. The SMILES string of the molecule is CCN(CC)CC.O=S(=O)(O)OCc1ccccc1. The number of benzene rings is 1. The smallest absolute Gasteiger partial charge is 0.304 e. The summed E-state index contributed by atoms with van der Waals surface area (Å²) in [6, 6.07) is 8.71. The van der Waals surface area contributed by atoms with E-state index in [0.29, 0.717) is 5.56 Å². The van der Waals surface area contributed by atoms with Crippen LogP contribution in [0.3, 0.4) is 0 Å². The first-order valence-corrected chi connectivity index (χ1v) is 7.67. The molecule has 0 heterocycles. The standard InChI is InChI=1S/C7H8O4S.C6H15N/c8-12(9,10)11-6-7-4-2-1-3-5-7;1-4-7(5-2)6-3/h1-5H,6H2,(H,8,9,10);4-6H2,1-3H3. The number of rotatable bonds is 6. The van der Waals surface area contributed by atoms with Crippen molar-refractivity contribution in [1.82, 2.24) is 4.90 Å². The van der Waals surface area contributed by atoms with Crippen molar-refractivity contribution in [1.29, 1.82) is 0 Å². The monoisotopic (exact) mass is 289 g/mol. The van der Waals surface area contributed by atoms with Crippen LogP contribution in [-0.2, 0) is 21.2 Å². The van der Waals surface area contributed by atoms with E-state index in [1.165, 1.54) is 19.6 Å². The Morgan fingerprint density at radius 2 is 1.53 bits per heavy atom. The summed E-state index contributed by atoms with van der Waals surface area (Å²) < 4.78 is 32.6. The summed E-state index contributed by atoms with van der Waals surface area (Å²) in [6.45, 7) is 9.99. The normalized spacial score (nSPS) is 11.0. The molecule has 1 aromatic carbocycles. The highest BCUT2D eigenvalue weighted by Crippen LogP contribution is 2.01. The van der Waals surface area contributed by atoms with Crippen molar-refractivity contribution in [3.05, 3.63) is 35.9 Å². The van der Waals surface area contributed by atoms with E-state index in [4.69, 9.17) is 4.55 Å². The number of hydrogen-bond acceptors (Lipinski definition) is 4. The van der Waals surface area contributed by atoms with Crippen LogP contribution in [0, 0.1) is 0 Å². The molecule has 1 N–H and O–H groups in total. The minimum Gasteiger partial charge on any atom is -0.304 e. The van der Waals surface area contributed by atoms with Gasteiger partial charge >= 0.3 is 10.4 Å². The molecule has 0 atom stereocenters. The molecule has 1 aromatic rings. The van der Waals surface area contributed by atoms with Crippen molar-refractivity contribution in [3.8, 4) is 0 Å². The first-order chi connectivity index (χ1) is 8.92. The van der Waals surface area contributed by atoms with Gasteiger partial charge in [-0.1, -0.05) is 51.1 Å². The third-order valence-corrected chi connectivity index (χ3v) is 2.97. The predicted octanol–water partition coefficient (Wildman–Crippen LogP) is 2.35. The Kier molecular flexibility index (Phi) is 9.42. The molecule has 0 spiro atoms. The summed E-state index contributed by atoms with van der Waals surface area (Å²) in [5, 5.41) is 0. The first kappa shape index (κ1) is 18.0. The van der Waals surface area contributed by atoms with Crippen molar-refractivity contribution in [2.75, 3.05) is 19.6 Å². The highest BCUT2D eigenvalue weighted by Gasteiger charge is 2.03. The lowest BCUT2D eigenvalue weighted by molar-refractivity contribution is 0.259. The molecule has 0 radical (unpaired) electrons. The summed E-state index contributed by atoms with van der Waals surface area (Å²) in [5.74, 6) is 0. The van der Waals surface area contributed by atoms with Crippen LogP contribution in [0.1, 0.15) is 26.3 Å². The molecule has 110 valence electrons. The fourth-order valence-electron chi connectivity index (χ4n) is 1.39. The van der Waals surface area contributed by atoms with Gasteiger partial charge in [-0.25, -0.2) is 4.18 Å². The van der Waals surface area contributed by atoms with Gasteiger partial charge in [0.25, 0.3) is 0 Å². The fraction of sp³-hybridized carbons (Fsp3) is 0.538. The highest BCUT2D eigenvalue weighted by atomic mass is 32.3. The zero-order chi connectivity index (χ0) is 14.7. The molecule has 0 amide bonds. The summed E-state index contributed by atoms with van der Waals surface area (Å²) in [5.41, 5.74) is 0.690. The lowest BCUT2D eigenvalue weighted by atomic mass is 10.2. The van der Waals surface area contributed by atoms with Gasteiger partial charge in [0, 0.05) is 0 Å². The second-order valence-electron chi connectivity index (χ2n) is 3.80. The van der Waals surface area contributed by atoms with Gasteiger partial charge in [-0.15, -0.1) is 0 Å². The Labute approximate surface area is 116 Å². The Balaban J connectivity index is 0.000000399. The van der Waals surface area contributed by atoms with E-state index in [1.807, 2.05) is 0 Å². The third-order valence-electron chi connectivity index (χ3n) is 2.56. The van der Waals surface area contributed by atoms with Crippen LogP contribution in [-0.4, -0.2) is 37.5 Å². The van der Waals surface area contributed by atoms with Crippen molar-refractivity contribution in [2.45, 2.75) is 27.4 Å². The lowest BCUT2D eigenvalue weighted by Crippen LogP contribution is -2.21. The van der Waals surface area contributed by atoms with E-state index in [9.17, 15) is 8.42 Å². The molecule has 0 unspecified atom stereocenters. The van der Waals surface area contributed by atoms with E-state index < -0.39 is 10.4 Å². The minimum atomic E-state index is -4.32. The van der Waals surface area contributed by atoms with Crippen molar-refractivity contribution in [3.63, 3.8) is 0 Å². The highest BCUT2D eigenvalue weighted by molar-refractivity contribution is 7.80. The van der Waals surface area contributed by atoms with Crippen LogP contribution < -0.4 is 0 Å². The van der Waals surface area contributed by atoms with Crippen LogP contribution in [0.5, 0.6) is 0 Å². The van der Waals surface area contributed by atoms with Crippen LogP contribution in [0.15, 0.2) is 30.3 Å². The van der Waals surface area contributed by atoms with E-state index in [1.54, 1.807) is 30.3 Å². The summed E-state index contributed by atoms with van der Waals surface area (Å²) in [7, 11) is -4.32. The maximum atomic E-state index is 10.1. The quantitative estimate of drug-likeness (QED) is 0.814. The van der Waals surface area contributed by atoms with Gasteiger partial charge in [-0.3, -0.25) is 4.55 Å². The maximum absolute atomic E-state index is 10.1. The molecule has 0 bridgehead atoms. The van der Waals surface area contributed by atoms with Crippen LogP contribution >= 0.6 is 0 Å². The van der Waals surface area contributed by atoms with Gasteiger partial charge in [0.05, 0.1) is 6.61 Å². The molecule has 5 nitrogen and oxygen atoms in total. The Bertz CT molecular complexity index is 410. The largest absolute Gasteiger partial charge is 0.397 e. The zero-order valence-electron chi connectivity index (χ0n) is 11.7. The molecule has 0 saturated carbocycles. The summed E-state index contributed by atoms with van der Waals surface area (Å²) >= 11 is 0. The molecule has 0 aromatic heterocycles. The zero-order valence-corrected chi connectivity index (χ0v) is 12.6. The Morgan fingerprint density at radius 3 is 1.84 bits per heavy atom. The van der Waals surface area contributed by atoms with Gasteiger partial charge in [0.15, 0.2) is 0 Å². The average molecular weight is 289 g/mol. The molecule has 0 aliphatic carbocycles. The minimum absolute atomic E-state index is 0.139. The molecule has 0 aliphatic heterocycles. The van der Waals surface area contributed by atoms with Gasteiger partial charge in [-0.05, 0) is 25.2 Å². The van der Waals surface area contributed by atoms with Gasteiger partial charge in [0.2, 0.25) is 0 Å². The van der Waals surface area contributed by atoms with Crippen LogP contribution in [0.2, 0.25) is 0 Å². The van der Waals surface area contributed by atoms with E-state index in [-0.39, 0.29) is 6.61 Å². The van der Waals surface area contributed by atoms with E-state index in [0.717, 1.165) is 0 Å². The maximum Gasteiger partial charge on any atom is 0.397 e. The molecule has 19 heavy (non-hydrogen) atoms. The number of hydrogen-bond donors (Lipinski definition) is 1. The molecular formula is C13H23NO4S. The summed E-state index contributed by atoms with van der Waals surface area (Å²) in [6.07, 6.45) is 0. The average Bonchev–Trinajstić information content (AvgIpc) is 2.40.